The van der Waals surface area contributed by atoms with Gasteiger partial charge in [0.2, 0.25) is 0 Å². The van der Waals surface area contributed by atoms with Crippen molar-refractivity contribution in [3.8, 4) is 0 Å². The van der Waals surface area contributed by atoms with Gasteiger partial charge in [-0.25, -0.2) is 0 Å². The van der Waals surface area contributed by atoms with Crippen molar-refractivity contribution in [3.63, 3.8) is 0 Å². The van der Waals surface area contributed by atoms with Crippen LogP contribution in [0.4, 0.5) is 0 Å². The summed E-state index contributed by atoms with van der Waals surface area (Å²) in [4.78, 5) is 0. The van der Waals surface area contributed by atoms with Gasteiger partial charge >= 0.3 is 40.4 Å². The van der Waals surface area contributed by atoms with Gasteiger partial charge in [0.1, 0.15) is 0 Å². The molecule has 0 unspecified atom stereocenters. The number of rotatable bonds is 0. The van der Waals surface area contributed by atoms with Gasteiger partial charge in [-0.05, 0) is 0 Å². The second kappa shape index (κ2) is 457. The molecule has 0 saturated heterocycles. The summed E-state index contributed by atoms with van der Waals surface area (Å²) in [6, 6.07) is 0. The standard InChI is InChI=1S/Al.5FH.Mg.H2O/h;5*1H;;1H2/q+3;;;;;;+2;/p-5. The maximum atomic E-state index is 0. The number of hydrogen-bond acceptors (Lipinski definition) is 0. The third-order valence-corrected chi connectivity index (χ3v) is 0. The molecule has 0 radical (unpaired) electrons. The van der Waals surface area contributed by atoms with Crippen LogP contribution in [0.3, 0.4) is 0 Å². The molecule has 0 aliphatic rings. The normalized spacial score (nSPS) is 0. The molecule has 0 atom stereocenters. The third kappa shape index (κ3) is 292. The Morgan fingerprint density at radius 1 is 0.500 bits per heavy atom. The van der Waals surface area contributed by atoms with Crippen LogP contribution in [0.15, 0.2) is 0 Å². The molecule has 0 aliphatic heterocycles. The maximum Gasteiger partial charge on any atom is 3.00 e. The quantitative estimate of drug-likeness (QED) is 0.252. The number of halogens is 5. The van der Waals surface area contributed by atoms with Crippen molar-refractivity contribution >= 4 is 40.4 Å². The summed E-state index contributed by atoms with van der Waals surface area (Å²) >= 11 is 0. The Hall–Kier alpha value is 0.909. The van der Waals surface area contributed by atoms with E-state index < -0.39 is 0 Å². The minimum atomic E-state index is 0. The van der Waals surface area contributed by atoms with E-state index in [1.807, 2.05) is 0 Å². The Morgan fingerprint density at radius 3 is 0.500 bits per heavy atom. The summed E-state index contributed by atoms with van der Waals surface area (Å²) in [7, 11) is 0. The number of hydrogen-bond donors (Lipinski definition) is 0. The molecule has 1 nitrogen and oxygen atoms in total. The first-order valence-electron chi connectivity index (χ1n) is 0. The van der Waals surface area contributed by atoms with Crippen molar-refractivity contribution in [2.45, 2.75) is 0 Å². The summed E-state index contributed by atoms with van der Waals surface area (Å²) in [5, 5.41) is 0. The fourth-order valence-corrected chi connectivity index (χ4v) is 0. The summed E-state index contributed by atoms with van der Waals surface area (Å²) in [6.45, 7) is 0. The van der Waals surface area contributed by atoms with Crippen LogP contribution in [0.25, 0.3) is 0 Å². The fourth-order valence-electron chi connectivity index (χ4n) is 0. The molecule has 0 aromatic carbocycles. The van der Waals surface area contributed by atoms with Gasteiger partial charge in [0, 0.05) is 0 Å². The van der Waals surface area contributed by atoms with Gasteiger partial charge in [0.25, 0.3) is 0 Å². The molecule has 0 fully saturated rings. The van der Waals surface area contributed by atoms with Gasteiger partial charge in [-0.2, -0.15) is 0 Å². The van der Waals surface area contributed by atoms with Crippen molar-refractivity contribution in [3.05, 3.63) is 0 Å². The molecule has 0 bridgehead atoms. The molecule has 0 spiro atoms. The zero-order valence-corrected chi connectivity index (χ0v) is 6.24. The van der Waals surface area contributed by atoms with Crippen molar-refractivity contribution < 1.29 is 29.0 Å². The van der Waals surface area contributed by atoms with Gasteiger partial charge < -0.3 is 29.0 Å². The van der Waals surface area contributed by atoms with E-state index in [9.17, 15) is 0 Å². The second-order valence-corrected chi connectivity index (χ2v) is 0. The Bertz CT molecular complexity index is 12.4. The summed E-state index contributed by atoms with van der Waals surface area (Å²) in [6.07, 6.45) is 0. The molecule has 0 rings (SSSR count). The zero-order valence-electron chi connectivity index (χ0n) is 3.67. The smallest absolute Gasteiger partial charge is 1.00 e. The summed E-state index contributed by atoms with van der Waals surface area (Å²) < 4.78 is 0. The topological polar surface area (TPSA) is 31.5 Å². The third-order valence-electron chi connectivity index (χ3n) is 0. The van der Waals surface area contributed by atoms with Crippen molar-refractivity contribution in [1.82, 2.24) is 0 Å². The molecule has 48 valence electrons. The van der Waals surface area contributed by atoms with Crippen molar-refractivity contribution in [2.24, 2.45) is 0 Å². The average Bonchev–Trinajstić information content (AvgIpc) is 0. The van der Waals surface area contributed by atoms with Gasteiger partial charge in [0.05, 0.1) is 0 Å². The SMILES string of the molecule is O.[Al+3].[F-].[F-].[F-].[F-].[F-].[Mg+2]. The van der Waals surface area contributed by atoms with Crippen LogP contribution in [0.1, 0.15) is 0 Å². The predicted molar refractivity (Wildman–Crippen MR) is 15.1 cm³/mol. The van der Waals surface area contributed by atoms with Crippen molar-refractivity contribution in [1.29, 1.82) is 0 Å². The van der Waals surface area contributed by atoms with Crippen LogP contribution >= 0.6 is 0 Å². The van der Waals surface area contributed by atoms with Gasteiger partial charge in [-0.1, -0.05) is 0 Å². The van der Waals surface area contributed by atoms with Gasteiger partial charge in [-0.3, -0.25) is 0 Å². The molecular weight excluding hydrogens is 162 g/mol. The van der Waals surface area contributed by atoms with Crippen LogP contribution in [-0.2, 0) is 0 Å². The van der Waals surface area contributed by atoms with E-state index >= 15 is 0 Å². The zero-order chi connectivity index (χ0) is 0. The van der Waals surface area contributed by atoms with E-state index in [1.54, 1.807) is 0 Å². The van der Waals surface area contributed by atoms with Crippen LogP contribution in [0.5, 0.6) is 0 Å². The molecular formula is H2AlF5MgO. The van der Waals surface area contributed by atoms with E-state index in [4.69, 9.17) is 0 Å². The first-order chi connectivity index (χ1) is 0. The van der Waals surface area contributed by atoms with E-state index in [0.29, 0.717) is 0 Å². The molecule has 0 aliphatic carbocycles. The molecule has 8 heteroatoms. The Kier molecular flexibility index (Phi) is 38600. The average molecular weight is 164 g/mol. The molecule has 0 aromatic rings. The Labute approximate surface area is 69.6 Å². The summed E-state index contributed by atoms with van der Waals surface area (Å²) in [5.74, 6) is 0. The van der Waals surface area contributed by atoms with Crippen LogP contribution in [0, 0.1) is 0 Å². The minimum absolute atomic E-state index is 0. The van der Waals surface area contributed by atoms with Crippen molar-refractivity contribution in [2.75, 3.05) is 0 Å². The van der Waals surface area contributed by atoms with Gasteiger partial charge in [-0.15, -0.1) is 0 Å². The van der Waals surface area contributed by atoms with Crippen LogP contribution in [-0.4, -0.2) is 45.9 Å². The first-order valence-corrected chi connectivity index (χ1v) is 0. The largest absolute Gasteiger partial charge is 3.00 e. The van der Waals surface area contributed by atoms with Gasteiger partial charge in [0.15, 0.2) is 0 Å². The molecule has 0 saturated carbocycles. The fraction of sp³-hybridized carbons (Fsp3) is 0. The minimum Gasteiger partial charge on any atom is -1.00 e. The molecule has 8 heavy (non-hydrogen) atoms. The molecule has 2 N–H and O–H groups in total. The monoisotopic (exact) mass is 164 g/mol. The van der Waals surface area contributed by atoms with Crippen LogP contribution < -0.4 is 23.5 Å². The van der Waals surface area contributed by atoms with Crippen LogP contribution in [0.2, 0.25) is 0 Å². The first kappa shape index (κ1) is 675. The Morgan fingerprint density at radius 2 is 0.500 bits per heavy atom. The van der Waals surface area contributed by atoms with E-state index in [1.165, 1.54) is 0 Å². The maximum absolute atomic E-state index is 0. The second-order valence-electron chi connectivity index (χ2n) is 0. The molecule has 0 aromatic heterocycles. The Balaban J connectivity index is 0. The molecule has 0 heterocycles. The summed E-state index contributed by atoms with van der Waals surface area (Å²) in [5.41, 5.74) is 0. The van der Waals surface area contributed by atoms with E-state index in [0.717, 1.165) is 0 Å². The van der Waals surface area contributed by atoms with E-state index in [-0.39, 0.29) is 69.4 Å². The predicted octanol–water partition coefficient (Wildman–Crippen LogP) is -16.6. The van der Waals surface area contributed by atoms with E-state index in [2.05, 4.69) is 0 Å². The molecule has 0 amide bonds.